The highest BCUT2D eigenvalue weighted by molar-refractivity contribution is 6.03. The predicted molar refractivity (Wildman–Crippen MR) is 143 cm³/mol. The van der Waals surface area contributed by atoms with Crippen molar-refractivity contribution in [3.63, 3.8) is 0 Å². The SMILES string of the molecule is C=CC(=O)Nc1cc2c(Nc3cccc(-n4cccn4)c3)ncnc2cc1OCCCN1CCOCC1. The number of fused-ring (bicyclic) bond motifs is 1. The van der Waals surface area contributed by atoms with Gasteiger partial charge in [0.2, 0.25) is 5.91 Å². The van der Waals surface area contributed by atoms with E-state index in [1.54, 1.807) is 10.9 Å². The van der Waals surface area contributed by atoms with E-state index in [9.17, 15) is 4.79 Å². The number of carbonyl (C=O) groups is 1. The van der Waals surface area contributed by atoms with Crippen LogP contribution >= 0.6 is 0 Å². The first-order valence-corrected chi connectivity index (χ1v) is 12.2. The number of morpholine rings is 1. The van der Waals surface area contributed by atoms with Gasteiger partial charge < -0.3 is 20.1 Å². The molecule has 0 bridgehead atoms. The quantitative estimate of drug-likeness (QED) is 0.251. The van der Waals surface area contributed by atoms with Gasteiger partial charge in [-0.05, 0) is 42.8 Å². The fraction of sp³-hybridized carbons (Fsp3) is 0.259. The Morgan fingerprint density at radius 1 is 1.16 bits per heavy atom. The van der Waals surface area contributed by atoms with Crippen molar-refractivity contribution in [2.45, 2.75) is 6.42 Å². The third-order valence-electron chi connectivity index (χ3n) is 6.04. The van der Waals surface area contributed by atoms with Crippen molar-refractivity contribution >= 4 is 34.0 Å². The van der Waals surface area contributed by atoms with Gasteiger partial charge in [-0.25, -0.2) is 14.6 Å². The van der Waals surface area contributed by atoms with Crippen LogP contribution in [0, 0.1) is 0 Å². The Bertz CT molecular complexity index is 1370. The molecule has 1 amide bonds. The van der Waals surface area contributed by atoms with Crippen LogP contribution in [0.3, 0.4) is 0 Å². The van der Waals surface area contributed by atoms with Gasteiger partial charge in [0.1, 0.15) is 17.9 Å². The molecule has 1 saturated heterocycles. The van der Waals surface area contributed by atoms with Crippen LogP contribution in [0.4, 0.5) is 17.2 Å². The van der Waals surface area contributed by atoms with Crippen LogP contribution in [0.2, 0.25) is 0 Å². The lowest BCUT2D eigenvalue weighted by Gasteiger charge is -2.26. The second-order valence-electron chi connectivity index (χ2n) is 8.56. The number of benzene rings is 2. The number of hydrogen-bond acceptors (Lipinski definition) is 8. The van der Waals surface area contributed by atoms with Gasteiger partial charge in [0.15, 0.2) is 0 Å². The number of anilines is 3. The van der Waals surface area contributed by atoms with Crippen molar-refractivity contribution < 1.29 is 14.3 Å². The number of hydrogen-bond donors (Lipinski definition) is 2. The number of nitrogens with zero attached hydrogens (tertiary/aromatic N) is 5. The van der Waals surface area contributed by atoms with Crippen LogP contribution < -0.4 is 15.4 Å². The highest BCUT2D eigenvalue weighted by Crippen LogP contribution is 2.33. The molecule has 2 aromatic carbocycles. The largest absolute Gasteiger partial charge is 0.491 e. The van der Waals surface area contributed by atoms with Crippen molar-refractivity contribution in [1.29, 1.82) is 0 Å². The van der Waals surface area contributed by atoms with E-state index in [0.29, 0.717) is 29.4 Å². The summed E-state index contributed by atoms with van der Waals surface area (Å²) < 4.78 is 13.3. The standard InChI is InChI=1S/C27H29N7O3/c1-2-26(35)32-24-17-22-23(18-25(24)37-13-5-9-33-11-14-36-15-12-33)28-19-29-27(22)31-20-6-3-7-21(16-20)34-10-4-8-30-34/h2-4,6-8,10,16-19H,1,5,9,11-15H2,(H,32,35)(H,28,29,31). The summed E-state index contributed by atoms with van der Waals surface area (Å²) in [5.41, 5.74) is 2.99. The lowest BCUT2D eigenvalue weighted by molar-refractivity contribution is -0.111. The van der Waals surface area contributed by atoms with E-state index in [4.69, 9.17) is 9.47 Å². The number of nitrogens with one attached hydrogen (secondary N) is 2. The molecule has 10 nitrogen and oxygen atoms in total. The lowest BCUT2D eigenvalue weighted by atomic mass is 10.1. The highest BCUT2D eigenvalue weighted by Gasteiger charge is 2.14. The number of ether oxygens (including phenoxy) is 2. The molecule has 0 atom stereocenters. The van der Waals surface area contributed by atoms with Gasteiger partial charge in [-0.1, -0.05) is 12.6 Å². The minimum Gasteiger partial charge on any atom is -0.491 e. The van der Waals surface area contributed by atoms with E-state index < -0.39 is 0 Å². The predicted octanol–water partition coefficient (Wildman–Crippen LogP) is 3.78. The summed E-state index contributed by atoms with van der Waals surface area (Å²) in [7, 11) is 0. The van der Waals surface area contributed by atoms with Gasteiger partial charge in [-0.15, -0.1) is 0 Å². The van der Waals surface area contributed by atoms with Crippen LogP contribution in [-0.2, 0) is 9.53 Å². The summed E-state index contributed by atoms with van der Waals surface area (Å²) in [5, 5.41) is 11.3. The number of rotatable bonds is 10. The van der Waals surface area contributed by atoms with E-state index in [0.717, 1.165) is 56.0 Å². The average molecular weight is 500 g/mol. The van der Waals surface area contributed by atoms with Crippen molar-refractivity contribution in [1.82, 2.24) is 24.6 Å². The smallest absolute Gasteiger partial charge is 0.247 e. The zero-order valence-electron chi connectivity index (χ0n) is 20.5. The van der Waals surface area contributed by atoms with E-state index >= 15 is 0 Å². The van der Waals surface area contributed by atoms with Gasteiger partial charge in [0, 0.05) is 49.2 Å². The first kappa shape index (κ1) is 24.4. The monoisotopic (exact) mass is 499 g/mol. The zero-order chi connectivity index (χ0) is 25.5. The Kier molecular flexibility index (Phi) is 7.68. The van der Waals surface area contributed by atoms with Crippen LogP contribution in [0.1, 0.15) is 6.42 Å². The van der Waals surface area contributed by atoms with E-state index in [-0.39, 0.29) is 5.91 Å². The molecule has 0 unspecified atom stereocenters. The molecule has 190 valence electrons. The summed E-state index contributed by atoms with van der Waals surface area (Å²) in [6, 6.07) is 13.4. The Morgan fingerprint density at radius 2 is 2.05 bits per heavy atom. The normalized spacial score (nSPS) is 13.8. The van der Waals surface area contributed by atoms with Crippen molar-refractivity contribution in [2.75, 3.05) is 50.1 Å². The first-order valence-electron chi connectivity index (χ1n) is 12.2. The van der Waals surface area contributed by atoms with Crippen LogP contribution in [0.15, 0.2) is 73.8 Å². The van der Waals surface area contributed by atoms with E-state index in [1.165, 1.54) is 12.4 Å². The second kappa shape index (κ2) is 11.6. The van der Waals surface area contributed by atoms with E-state index in [2.05, 4.69) is 37.2 Å². The Morgan fingerprint density at radius 3 is 2.86 bits per heavy atom. The molecule has 1 aliphatic heterocycles. The van der Waals surface area contributed by atoms with Gasteiger partial charge >= 0.3 is 0 Å². The zero-order valence-corrected chi connectivity index (χ0v) is 20.5. The number of aromatic nitrogens is 4. The number of carbonyl (C=O) groups excluding carboxylic acids is 1. The van der Waals surface area contributed by atoms with Gasteiger partial charge in [-0.3, -0.25) is 9.69 Å². The first-order chi connectivity index (χ1) is 18.2. The topological polar surface area (TPSA) is 106 Å². The molecule has 2 aromatic heterocycles. The summed E-state index contributed by atoms with van der Waals surface area (Å²) in [5.74, 6) is 0.835. The van der Waals surface area contributed by atoms with Crippen molar-refractivity contribution in [2.24, 2.45) is 0 Å². The Balaban J connectivity index is 1.37. The summed E-state index contributed by atoms with van der Waals surface area (Å²) in [6.45, 7) is 8.42. The highest BCUT2D eigenvalue weighted by atomic mass is 16.5. The average Bonchev–Trinajstić information content (AvgIpc) is 3.48. The lowest BCUT2D eigenvalue weighted by Crippen LogP contribution is -2.37. The van der Waals surface area contributed by atoms with Crippen LogP contribution in [-0.4, -0.2) is 70.0 Å². The Labute approximate surface area is 214 Å². The maximum Gasteiger partial charge on any atom is 0.247 e. The third-order valence-corrected chi connectivity index (χ3v) is 6.04. The minimum atomic E-state index is -0.323. The maximum atomic E-state index is 12.2. The molecule has 2 N–H and O–H groups in total. The third kappa shape index (κ3) is 6.11. The molecule has 1 aliphatic rings. The fourth-order valence-corrected chi connectivity index (χ4v) is 4.16. The molecule has 0 spiro atoms. The van der Waals surface area contributed by atoms with E-state index in [1.807, 2.05) is 48.7 Å². The summed E-state index contributed by atoms with van der Waals surface area (Å²) >= 11 is 0. The molecule has 37 heavy (non-hydrogen) atoms. The van der Waals surface area contributed by atoms with Gasteiger partial charge in [-0.2, -0.15) is 5.10 Å². The molecule has 0 saturated carbocycles. The molecular weight excluding hydrogens is 470 g/mol. The molecule has 3 heterocycles. The Hall–Kier alpha value is -4.28. The summed E-state index contributed by atoms with van der Waals surface area (Å²) in [4.78, 5) is 23.4. The number of amides is 1. The van der Waals surface area contributed by atoms with Gasteiger partial charge in [0.05, 0.1) is 36.7 Å². The van der Waals surface area contributed by atoms with Crippen LogP contribution in [0.25, 0.3) is 16.6 Å². The van der Waals surface area contributed by atoms with Crippen molar-refractivity contribution in [3.05, 3.63) is 73.8 Å². The molecule has 0 radical (unpaired) electrons. The molecule has 4 aromatic rings. The molecule has 0 aliphatic carbocycles. The van der Waals surface area contributed by atoms with Gasteiger partial charge in [0.25, 0.3) is 0 Å². The van der Waals surface area contributed by atoms with Crippen molar-refractivity contribution in [3.8, 4) is 11.4 Å². The maximum absolute atomic E-state index is 12.2. The second-order valence-corrected chi connectivity index (χ2v) is 8.56. The minimum absolute atomic E-state index is 0.323. The fourth-order valence-electron chi connectivity index (χ4n) is 4.16. The van der Waals surface area contributed by atoms with Crippen LogP contribution in [0.5, 0.6) is 5.75 Å². The summed E-state index contributed by atoms with van der Waals surface area (Å²) in [6.07, 6.45) is 7.21. The molecule has 1 fully saturated rings. The molecule has 5 rings (SSSR count). The molecular formula is C27H29N7O3. The molecule has 10 heteroatoms.